The van der Waals surface area contributed by atoms with Crippen LogP contribution in [-0.4, -0.2) is 39.6 Å². The van der Waals surface area contributed by atoms with E-state index in [1.54, 1.807) is 6.07 Å². The Balaban J connectivity index is 1.19. The molecule has 24 heteroatoms. The third kappa shape index (κ3) is 13.8. The van der Waals surface area contributed by atoms with Crippen LogP contribution in [0.5, 0.6) is 0 Å². The van der Waals surface area contributed by atoms with Gasteiger partial charge in [0.25, 0.3) is 0 Å². The molecule has 0 atom stereocenters. The first-order valence-electron chi connectivity index (χ1n) is 39.1. The minimum Gasteiger partial charge on any atom is -0.354 e. The van der Waals surface area contributed by atoms with Crippen LogP contribution >= 0.6 is 0 Å². The number of H-pyrrole nitrogens is 1. The third-order valence-electron chi connectivity index (χ3n) is 22.3. The van der Waals surface area contributed by atoms with Crippen molar-refractivity contribution in [2.45, 2.75) is 111 Å². The highest BCUT2D eigenvalue weighted by molar-refractivity contribution is 6.27. The van der Waals surface area contributed by atoms with Crippen molar-refractivity contribution in [3.63, 3.8) is 0 Å². The summed E-state index contributed by atoms with van der Waals surface area (Å²) < 4.78 is 138. The molecule has 5 heterocycles. The van der Waals surface area contributed by atoms with Gasteiger partial charge in [0.15, 0.2) is 81.1 Å². The molecule has 0 fully saturated rings. The van der Waals surface area contributed by atoms with Crippen molar-refractivity contribution >= 4 is 129 Å². The molecule has 17 rings (SSSR count). The van der Waals surface area contributed by atoms with Gasteiger partial charge in [0, 0.05) is 45.4 Å². The molecule has 2 aliphatic rings. The van der Waals surface area contributed by atoms with Crippen LogP contribution in [-0.2, 0) is 0 Å². The molecule has 9 N–H and O–H groups in total. The van der Waals surface area contributed by atoms with E-state index in [-0.39, 0.29) is 50.5 Å². The highest BCUT2D eigenvalue weighted by Crippen LogP contribution is 2.56. The Morgan fingerprint density at radius 3 is 0.858 bits per heavy atom. The maximum atomic E-state index is 18.0. The molecule has 0 aliphatic carbocycles. The maximum absolute atomic E-state index is 18.0. The van der Waals surface area contributed by atoms with Crippen LogP contribution in [0.25, 0.3) is 89.7 Å². The van der Waals surface area contributed by atoms with Crippen molar-refractivity contribution < 1.29 is 35.1 Å². The van der Waals surface area contributed by atoms with Gasteiger partial charge < -0.3 is 42.2 Å². The molecule has 120 heavy (non-hydrogen) atoms. The zero-order valence-electron chi connectivity index (χ0n) is 68.6. The summed E-state index contributed by atoms with van der Waals surface area (Å²) in [6.45, 7) is 31.5. The fourth-order valence-corrected chi connectivity index (χ4v) is 16.2. The van der Waals surface area contributed by atoms with Crippen LogP contribution in [0.4, 0.5) is 120 Å². The highest BCUT2D eigenvalue weighted by atomic mass is 19.2. The van der Waals surface area contributed by atoms with E-state index < -0.39 is 91.4 Å². The number of nitrogens with one attached hydrogen (secondary N) is 9. The number of aromatic nitrogens is 8. The Hall–Kier alpha value is -14.2. The quantitative estimate of drug-likeness (QED) is 0.0252. The fraction of sp³-hybridized carbons (Fsp3) is 0.167. The minimum absolute atomic E-state index is 0.0544. The predicted molar refractivity (Wildman–Crippen MR) is 469 cm³/mol. The lowest BCUT2D eigenvalue weighted by Gasteiger charge is -2.26. The molecule has 0 unspecified atom stereocenters. The summed E-state index contributed by atoms with van der Waals surface area (Å²) in [5, 5.41) is 25.4. The van der Waals surface area contributed by atoms with Crippen molar-refractivity contribution in [2.75, 3.05) is 42.6 Å². The molecule has 602 valence electrons. The van der Waals surface area contributed by atoms with Crippen molar-refractivity contribution in [1.29, 1.82) is 0 Å². The topological polar surface area (TPSA) is 194 Å². The molecular formula is C96H82F8N16. The third-order valence-corrected chi connectivity index (χ3v) is 22.3. The number of nitrogens with zero attached hydrogens (tertiary/aromatic N) is 7. The van der Waals surface area contributed by atoms with Crippen LogP contribution in [0.3, 0.4) is 0 Å². The zero-order valence-corrected chi connectivity index (χ0v) is 68.6. The summed E-state index contributed by atoms with van der Waals surface area (Å²) in [5.74, 6) is -19.3. The standard InChI is InChI=1S/C96H82F8N16/c1-42-17-25-59(50(9)33-42)105-67-41-58-68(84(107-61-27-19-44(3)35-52(61)11)83(67)106-60-26-18-43(2)34-51(60)10)90-112-89(58)113-91-69-70(76(98)80(102)79(101)75(69)97)92(114-91)115-93-71-72(78(100)82(104)81(103)77(71)99)94(116-93)118-96-74-73(95(117-90)120(96)119-66-32-24-49(8)40-57(66)16)85(108-62-28-20-45(4)36-53(62)12)87(110-64-30-22-47(6)38-55(64)14)88(111-65-31-23-48(7)39-56(65)15)86(74)109-63-29-21-46(5)37-54(63)13/h17-41,105-111,119H,1-16H3,(H,112,113,114,115,116,117,118). The second kappa shape index (κ2) is 30.1. The summed E-state index contributed by atoms with van der Waals surface area (Å²) in [7, 11) is 0. The van der Waals surface area contributed by atoms with Crippen molar-refractivity contribution in [3.05, 3.63) is 287 Å². The molecule has 0 radical (unpaired) electrons. The minimum atomic E-state index is -2.30. The number of anilines is 15. The van der Waals surface area contributed by atoms with Gasteiger partial charge in [-0.05, 0) is 210 Å². The van der Waals surface area contributed by atoms with Crippen LogP contribution in [0.15, 0.2) is 152 Å². The molecule has 0 saturated heterocycles. The van der Waals surface area contributed by atoms with Gasteiger partial charge in [-0.2, -0.15) is 0 Å². The van der Waals surface area contributed by atoms with Gasteiger partial charge in [-0.1, -0.05) is 142 Å². The van der Waals surface area contributed by atoms with Gasteiger partial charge in [0.05, 0.1) is 83.7 Å². The average Bonchev–Trinajstić information content (AvgIpc) is 1.54. The number of rotatable bonds is 16. The number of hydrogen-bond donors (Lipinski definition) is 9. The molecule has 15 aromatic rings. The molecule has 16 nitrogen and oxygen atoms in total. The van der Waals surface area contributed by atoms with E-state index in [1.807, 2.05) is 250 Å². The summed E-state index contributed by atoms with van der Waals surface area (Å²) in [6, 6.07) is 49.1. The molecule has 8 bridgehead atoms. The second-order valence-electron chi connectivity index (χ2n) is 31.7. The maximum Gasteiger partial charge on any atom is 0.198 e. The summed E-state index contributed by atoms with van der Waals surface area (Å²) >= 11 is 0. The lowest BCUT2D eigenvalue weighted by molar-refractivity contribution is 0.412. The Bertz CT molecular complexity index is 7130. The van der Waals surface area contributed by atoms with Gasteiger partial charge in [-0.3, -0.25) is 5.43 Å². The number of aromatic amines is 1. The Morgan fingerprint density at radius 1 is 0.233 bits per heavy atom. The second-order valence-corrected chi connectivity index (χ2v) is 31.7. The van der Waals surface area contributed by atoms with E-state index in [4.69, 9.17) is 24.9 Å². The predicted octanol–water partition coefficient (Wildman–Crippen LogP) is 26.5. The first-order valence-corrected chi connectivity index (χ1v) is 39.1. The molecular weight excluding hydrogens is 1530 g/mol. The molecule has 0 spiro atoms. The highest BCUT2D eigenvalue weighted by Gasteiger charge is 2.38. The zero-order chi connectivity index (χ0) is 84.6. The van der Waals surface area contributed by atoms with Gasteiger partial charge in [0.1, 0.15) is 11.3 Å². The van der Waals surface area contributed by atoms with Gasteiger partial charge in [-0.15, -0.1) is 0 Å². The summed E-state index contributed by atoms with van der Waals surface area (Å²) in [5.41, 5.74) is 21.3. The fourth-order valence-electron chi connectivity index (χ4n) is 16.2. The molecule has 0 amide bonds. The van der Waals surface area contributed by atoms with Gasteiger partial charge in [0.2, 0.25) is 0 Å². The van der Waals surface area contributed by atoms with Crippen LogP contribution in [0, 0.1) is 157 Å². The molecule has 2 aliphatic heterocycles. The number of aryl methyl sites for hydroxylation is 16. The Morgan fingerprint density at radius 2 is 0.508 bits per heavy atom. The van der Waals surface area contributed by atoms with Crippen molar-refractivity contribution in [3.8, 4) is 45.6 Å². The lowest BCUT2D eigenvalue weighted by atomic mass is 10.00. The van der Waals surface area contributed by atoms with Gasteiger partial charge >= 0.3 is 0 Å². The van der Waals surface area contributed by atoms with Crippen molar-refractivity contribution in [2.24, 2.45) is 0 Å². The smallest absolute Gasteiger partial charge is 0.198 e. The van der Waals surface area contributed by atoms with Crippen LogP contribution < -0.4 is 42.6 Å². The van der Waals surface area contributed by atoms with E-state index in [1.165, 1.54) is 4.68 Å². The van der Waals surface area contributed by atoms with Crippen molar-refractivity contribution in [1.82, 2.24) is 39.6 Å². The summed E-state index contributed by atoms with van der Waals surface area (Å²) in [4.78, 5) is 34.0. The average molecular weight is 1610 g/mol. The Kier molecular flexibility index (Phi) is 19.6. The lowest BCUT2D eigenvalue weighted by Crippen LogP contribution is -2.12. The number of hydrogen-bond acceptors (Lipinski definition) is 14. The number of fused-ring (bicyclic) bond motifs is 20. The van der Waals surface area contributed by atoms with Gasteiger partial charge in [-0.25, -0.2) is 69.7 Å². The Labute approximate surface area is 686 Å². The van der Waals surface area contributed by atoms with E-state index in [0.29, 0.717) is 85.2 Å². The summed E-state index contributed by atoms with van der Waals surface area (Å²) in [6.07, 6.45) is 0. The monoisotopic (exact) mass is 1610 g/mol. The normalized spacial score (nSPS) is 11.7. The largest absolute Gasteiger partial charge is 0.354 e. The molecule has 0 saturated carbocycles. The molecule has 12 aromatic carbocycles. The number of halogens is 8. The first kappa shape index (κ1) is 78.4. The van der Waals surface area contributed by atoms with Crippen LogP contribution in [0.2, 0.25) is 0 Å². The van der Waals surface area contributed by atoms with E-state index in [0.717, 1.165) is 83.5 Å². The van der Waals surface area contributed by atoms with E-state index in [9.17, 15) is 0 Å². The number of benzene rings is 12. The van der Waals surface area contributed by atoms with E-state index >= 15 is 35.1 Å². The first-order chi connectivity index (χ1) is 57.3. The van der Waals surface area contributed by atoms with Crippen LogP contribution in [0.1, 0.15) is 89.0 Å². The SMILES string of the molecule is Cc1ccc(Nc2cc3c(c(Nc4ccc(C)cc4C)c2Nc2ccc(C)cc2C)-c2nc-3nc3[nH]c(nc4nc(nc5c6c(Nc7ccc(C)cc7C)c(Nc7ccc(C)cc7C)c(Nc7ccc(C)cc7C)c(Nc7ccc(C)cc7C)c6c(n2)n5Nc2ccc(C)cc2C)-c2c(F)c(F)c(F)c(F)c2-4)c2c(F)c(F)c(F)c(F)c32)c(C)c1. The molecule has 3 aromatic heterocycles. The van der Waals surface area contributed by atoms with E-state index in [2.05, 4.69) is 58.7 Å².